The molecule has 2 atom stereocenters. The zero-order chi connectivity index (χ0) is 24.4. The SMILES string of the molecule is CC[C@H](c1nnnn1C[C@@H]1CCCO1)N(Cc1ccco1)Cc1cc2c(C)cc(C)cc2[nH]c1=O. The normalized spacial score (nSPS) is 17.0. The van der Waals surface area contributed by atoms with Crippen LogP contribution in [0.3, 0.4) is 0 Å². The maximum atomic E-state index is 13.1. The van der Waals surface area contributed by atoms with Gasteiger partial charge >= 0.3 is 0 Å². The minimum Gasteiger partial charge on any atom is -0.468 e. The van der Waals surface area contributed by atoms with Crippen LogP contribution in [0.4, 0.5) is 0 Å². The van der Waals surface area contributed by atoms with E-state index in [-0.39, 0.29) is 17.7 Å². The van der Waals surface area contributed by atoms with Crippen LogP contribution in [0.2, 0.25) is 0 Å². The first kappa shape index (κ1) is 23.4. The van der Waals surface area contributed by atoms with Crippen molar-refractivity contribution in [3.05, 3.63) is 75.2 Å². The van der Waals surface area contributed by atoms with Crippen molar-refractivity contribution in [3.8, 4) is 0 Å². The van der Waals surface area contributed by atoms with Crippen LogP contribution < -0.4 is 5.56 Å². The van der Waals surface area contributed by atoms with Crippen molar-refractivity contribution in [2.24, 2.45) is 0 Å². The first-order chi connectivity index (χ1) is 17.0. The lowest BCUT2D eigenvalue weighted by Crippen LogP contribution is -2.33. The first-order valence-corrected chi connectivity index (χ1v) is 12.3. The molecule has 4 heterocycles. The van der Waals surface area contributed by atoms with Gasteiger partial charge in [0.15, 0.2) is 5.82 Å². The van der Waals surface area contributed by atoms with E-state index in [4.69, 9.17) is 9.15 Å². The van der Waals surface area contributed by atoms with Gasteiger partial charge in [0.05, 0.1) is 31.5 Å². The van der Waals surface area contributed by atoms with E-state index < -0.39 is 0 Å². The van der Waals surface area contributed by atoms with Crippen molar-refractivity contribution < 1.29 is 9.15 Å². The second-order valence-corrected chi connectivity index (χ2v) is 9.43. The highest BCUT2D eigenvalue weighted by atomic mass is 16.5. The number of benzene rings is 1. The lowest BCUT2D eigenvalue weighted by atomic mass is 10.0. The predicted molar refractivity (Wildman–Crippen MR) is 132 cm³/mol. The third-order valence-electron chi connectivity index (χ3n) is 6.79. The fraction of sp³-hybridized carbons (Fsp3) is 0.462. The molecule has 1 aliphatic heterocycles. The molecule has 1 fully saturated rings. The van der Waals surface area contributed by atoms with Crippen molar-refractivity contribution in [1.29, 1.82) is 0 Å². The van der Waals surface area contributed by atoms with Crippen molar-refractivity contribution >= 4 is 10.9 Å². The highest BCUT2D eigenvalue weighted by molar-refractivity contribution is 5.83. The molecule has 0 unspecified atom stereocenters. The second-order valence-electron chi connectivity index (χ2n) is 9.43. The van der Waals surface area contributed by atoms with Gasteiger partial charge in [-0.3, -0.25) is 9.69 Å². The molecule has 5 rings (SSSR count). The lowest BCUT2D eigenvalue weighted by molar-refractivity contribution is 0.0882. The Labute approximate surface area is 204 Å². The molecule has 1 aliphatic rings. The summed E-state index contributed by atoms with van der Waals surface area (Å²) in [4.78, 5) is 18.4. The van der Waals surface area contributed by atoms with Gasteiger partial charge in [-0.25, -0.2) is 4.68 Å². The van der Waals surface area contributed by atoms with Crippen molar-refractivity contribution in [2.75, 3.05) is 6.61 Å². The summed E-state index contributed by atoms with van der Waals surface area (Å²) in [6.07, 6.45) is 4.65. The molecule has 0 bridgehead atoms. The van der Waals surface area contributed by atoms with Crippen LogP contribution in [0.5, 0.6) is 0 Å². The molecule has 1 saturated heterocycles. The van der Waals surface area contributed by atoms with Gasteiger partial charge in [-0.2, -0.15) is 0 Å². The van der Waals surface area contributed by atoms with Gasteiger partial charge < -0.3 is 14.1 Å². The minimum atomic E-state index is -0.106. The number of tetrazole rings is 1. The fourth-order valence-corrected chi connectivity index (χ4v) is 5.10. The number of nitrogens with one attached hydrogen (secondary N) is 1. The predicted octanol–water partition coefficient (Wildman–Crippen LogP) is 4.06. The maximum Gasteiger partial charge on any atom is 0.252 e. The van der Waals surface area contributed by atoms with E-state index in [1.54, 1.807) is 6.26 Å². The zero-order valence-electron chi connectivity index (χ0n) is 20.5. The molecular formula is C26H32N6O3. The molecule has 9 heteroatoms. The van der Waals surface area contributed by atoms with Gasteiger partial charge in [0.25, 0.3) is 5.56 Å². The van der Waals surface area contributed by atoms with Crippen molar-refractivity contribution in [3.63, 3.8) is 0 Å². The number of hydrogen-bond acceptors (Lipinski definition) is 7. The number of ether oxygens (including phenoxy) is 1. The van der Waals surface area contributed by atoms with E-state index in [9.17, 15) is 4.79 Å². The Bertz CT molecular complexity index is 1340. The van der Waals surface area contributed by atoms with Crippen LogP contribution in [0.25, 0.3) is 10.9 Å². The Morgan fingerprint density at radius 2 is 2.14 bits per heavy atom. The molecule has 0 amide bonds. The number of nitrogens with zero attached hydrogens (tertiary/aromatic N) is 5. The maximum absolute atomic E-state index is 13.1. The number of rotatable bonds is 9. The van der Waals surface area contributed by atoms with Crippen LogP contribution in [0.15, 0.2) is 45.8 Å². The second kappa shape index (κ2) is 10.1. The Balaban J connectivity index is 1.50. The Morgan fingerprint density at radius 1 is 1.26 bits per heavy atom. The number of aromatic nitrogens is 5. The van der Waals surface area contributed by atoms with Gasteiger partial charge in [-0.05, 0) is 78.9 Å². The molecule has 3 aromatic heterocycles. The number of H-pyrrole nitrogens is 1. The summed E-state index contributed by atoms with van der Waals surface area (Å²) < 4.78 is 13.4. The first-order valence-electron chi connectivity index (χ1n) is 12.3. The number of fused-ring (bicyclic) bond motifs is 1. The number of aryl methyl sites for hydroxylation is 2. The third kappa shape index (κ3) is 5.06. The van der Waals surface area contributed by atoms with E-state index in [1.165, 1.54) is 0 Å². The van der Waals surface area contributed by atoms with E-state index in [0.29, 0.717) is 25.2 Å². The zero-order valence-corrected chi connectivity index (χ0v) is 20.5. The van der Waals surface area contributed by atoms with Crippen LogP contribution >= 0.6 is 0 Å². The average Bonchev–Trinajstić information content (AvgIpc) is 3.60. The summed E-state index contributed by atoms with van der Waals surface area (Å²) in [7, 11) is 0. The highest BCUT2D eigenvalue weighted by Gasteiger charge is 2.28. The standard InChI is InChI=1S/C26H32N6O3/c1-4-24(25-28-29-30-32(25)16-21-8-6-10-35-21)31(15-20-7-5-9-34-20)14-19-13-22-18(3)11-17(2)12-23(22)27-26(19)33/h5,7,9,11-13,21,24H,4,6,8,10,14-16H2,1-3H3,(H,27,33)/t21-,24+/m0/s1. The molecule has 35 heavy (non-hydrogen) atoms. The topological polar surface area (TPSA) is 102 Å². The number of pyridine rings is 1. The smallest absolute Gasteiger partial charge is 0.252 e. The van der Waals surface area contributed by atoms with E-state index >= 15 is 0 Å². The summed E-state index contributed by atoms with van der Waals surface area (Å²) in [5.74, 6) is 1.60. The van der Waals surface area contributed by atoms with E-state index in [1.807, 2.05) is 35.9 Å². The number of hydrogen-bond donors (Lipinski definition) is 1. The molecule has 184 valence electrons. The van der Waals surface area contributed by atoms with Crippen LogP contribution in [0.1, 0.15) is 60.5 Å². The van der Waals surface area contributed by atoms with Gasteiger partial charge in [0, 0.05) is 29.6 Å². The Kier molecular flexibility index (Phi) is 6.79. The van der Waals surface area contributed by atoms with Gasteiger partial charge in [-0.15, -0.1) is 5.10 Å². The summed E-state index contributed by atoms with van der Waals surface area (Å²) in [6.45, 7) is 8.61. The van der Waals surface area contributed by atoms with Crippen molar-refractivity contribution in [1.82, 2.24) is 30.1 Å². The Morgan fingerprint density at radius 3 is 2.89 bits per heavy atom. The largest absolute Gasteiger partial charge is 0.468 e. The van der Waals surface area contributed by atoms with Gasteiger partial charge in [-0.1, -0.05) is 13.0 Å². The molecule has 4 aromatic rings. The quantitative estimate of drug-likeness (QED) is 0.389. The molecule has 9 nitrogen and oxygen atoms in total. The minimum absolute atomic E-state index is 0.0826. The average molecular weight is 477 g/mol. The van der Waals surface area contributed by atoms with E-state index in [2.05, 4.69) is 45.3 Å². The molecule has 0 saturated carbocycles. The van der Waals surface area contributed by atoms with Crippen molar-refractivity contribution in [2.45, 2.75) is 71.8 Å². The Hall–Kier alpha value is -3.30. The molecule has 0 spiro atoms. The molecule has 0 radical (unpaired) electrons. The van der Waals surface area contributed by atoms with Crippen LogP contribution in [-0.2, 0) is 24.4 Å². The summed E-state index contributed by atoms with van der Waals surface area (Å²) in [5.41, 5.74) is 3.75. The van der Waals surface area contributed by atoms with Crippen LogP contribution in [0, 0.1) is 13.8 Å². The summed E-state index contributed by atoms with van der Waals surface area (Å²) >= 11 is 0. The highest BCUT2D eigenvalue weighted by Crippen LogP contribution is 2.28. The molecule has 1 N–H and O–H groups in total. The summed E-state index contributed by atoms with van der Waals surface area (Å²) in [6, 6.07) is 9.89. The van der Waals surface area contributed by atoms with Crippen LogP contribution in [-0.4, -0.2) is 42.8 Å². The van der Waals surface area contributed by atoms with E-state index in [0.717, 1.165) is 59.5 Å². The summed E-state index contributed by atoms with van der Waals surface area (Å²) in [5, 5.41) is 13.7. The van der Waals surface area contributed by atoms with Gasteiger partial charge in [0.1, 0.15) is 5.76 Å². The molecule has 0 aliphatic carbocycles. The molecular weight excluding hydrogens is 444 g/mol. The number of furan rings is 1. The monoisotopic (exact) mass is 476 g/mol. The molecule has 1 aromatic carbocycles. The number of aromatic amines is 1. The fourth-order valence-electron chi connectivity index (χ4n) is 5.10. The van der Waals surface area contributed by atoms with Gasteiger partial charge in [0.2, 0.25) is 0 Å². The lowest BCUT2D eigenvalue weighted by Gasteiger charge is -2.29. The third-order valence-corrected chi connectivity index (χ3v) is 6.79.